The number of methoxy groups -OCH3 is 1. The van der Waals surface area contributed by atoms with Crippen molar-refractivity contribution in [2.24, 2.45) is 0 Å². The Balaban J connectivity index is 1.19. The minimum atomic E-state index is -0.676. The number of carbonyl (C=O) groups is 1. The molecule has 0 spiro atoms. The lowest BCUT2D eigenvalue weighted by atomic mass is 10.00. The maximum absolute atomic E-state index is 14.7. The normalized spacial score (nSPS) is 16.5. The molecule has 3 N–H and O–H groups in total. The molecule has 0 bridgehead atoms. The maximum atomic E-state index is 14.7. The van der Waals surface area contributed by atoms with E-state index in [-0.39, 0.29) is 34.8 Å². The van der Waals surface area contributed by atoms with Gasteiger partial charge in [-0.3, -0.25) is 14.9 Å². The lowest BCUT2D eigenvalue weighted by Crippen LogP contribution is -2.34. The van der Waals surface area contributed by atoms with Crippen LogP contribution in [0.5, 0.6) is 5.75 Å². The summed E-state index contributed by atoms with van der Waals surface area (Å²) in [5.74, 6) is -0.634. The molecule has 1 atom stereocenters. The number of nitrogen functional groups attached to an aromatic ring is 1. The number of halogens is 2. The van der Waals surface area contributed by atoms with Gasteiger partial charge in [-0.1, -0.05) is 11.6 Å². The predicted molar refractivity (Wildman–Crippen MR) is 158 cm³/mol. The highest BCUT2D eigenvalue weighted by molar-refractivity contribution is 5.91. The Kier molecular flexibility index (Phi) is 6.79. The van der Waals surface area contributed by atoms with Crippen molar-refractivity contribution in [1.29, 1.82) is 0 Å². The lowest BCUT2D eigenvalue weighted by molar-refractivity contribution is 0.0767. The van der Waals surface area contributed by atoms with Gasteiger partial charge < -0.3 is 15.4 Å². The predicted octanol–water partition coefficient (Wildman–Crippen LogP) is 5.07. The van der Waals surface area contributed by atoms with Gasteiger partial charge in [-0.05, 0) is 57.1 Å². The topological polar surface area (TPSA) is 140 Å². The number of anilines is 1. The lowest BCUT2D eigenvalue weighted by Gasteiger charge is -2.23. The molecule has 1 aliphatic carbocycles. The molecule has 0 unspecified atom stereocenters. The third-order valence-corrected chi connectivity index (χ3v) is 8.25. The average Bonchev–Trinajstić information content (AvgIpc) is 3.38. The third kappa shape index (κ3) is 4.83. The molecular formula is C31H29F2N9O2. The molecule has 5 aromatic rings. The molecule has 44 heavy (non-hydrogen) atoms. The van der Waals surface area contributed by atoms with Crippen molar-refractivity contribution in [2.45, 2.75) is 51.0 Å². The van der Waals surface area contributed by atoms with Crippen molar-refractivity contribution in [3.63, 3.8) is 0 Å². The third-order valence-electron chi connectivity index (χ3n) is 8.25. The van der Waals surface area contributed by atoms with Crippen molar-refractivity contribution in [3.05, 3.63) is 83.5 Å². The maximum Gasteiger partial charge on any atom is 0.295 e. The Labute approximate surface area is 250 Å². The molecule has 1 aromatic carbocycles. The fraction of sp³-hybridized carbons (Fsp3) is 0.290. The Morgan fingerprint density at radius 3 is 2.68 bits per heavy atom. The van der Waals surface area contributed by atoms with Crippen molar-refractivity contribution >= 4 is 17.4 Å². The standard InChI is InChI=1S/C31H29F2N9O2/c1-16-9-19(41(14-16)31(43)29-36-15-37-40-29)6-8-25-27(17-3-4-17)28(34)42-30(39-25)21(13-38-42)18-5-7-24(35-12-18)20-10-23(33)26(44-2)11-22(20)32/h5,7,10-15,17,19H,3-4,6,8-9,34H2,1-2H3,(H,36,37,40)/t19-/m0/s1. The van der Waals surface area contributed by atoms with Crippen LogP contribution in [0.2, 0.25) is 0 Å². The van der Waals surface area contributed by atoms with Crippen LogP contribution in [0.1, 0.15) is 60.4 Å². The van der Waals surface area contributed by atoms with Gasteiger partial charge in [0.1, 0.15) is 18.0 Å². The average molecular weight is 598 g/mol. The number of aromatic nitrogens is 7. The quantitative estimate of drug-likeness (QED) is 0.253. The summed E-state index contributed by atoms with van der Waals surface area (Å²) in [7, 11) is 1.28. The molecule has 1 amide bonds. The SMILES string of the molecule is COc1cc(F)c(-c2ccc(-c3cnn4c(N)c(C5CC5)c(CC[C@H]5CC(C)=CN5C(=O)c5ncn[nH]5)nc34)cn2)cc1F. The van der Waals surface area contributed by atoms with E-state index in [2.05, 4.69) is 25.3 Å². The Bertz CT molecular complexity index is 1920. The summed E-state index contributed by atoms with van der Waals surface area (Å²) in [5.41, 5.74) is 12.0. The highest BCUT2D eigenvalue weighted by atomic mass is 19.1. The van der Waals surface area contributed by atoms with E-state index in [1.165, 1.54) is 13.4 Å². The fourth-order valence-corrected chi connectivity index (χ4v) is 5.95. The van der Waals surface area contributed by atoms with Crippen LogP contribution < -0.4 is 10.5 Å². The number of ether oxygens (including phenoxy) is 1. The van der Waals surface area contributed by atoms with Gasteiger partial charge in [0.25, 0.3) is 5.91 Å². The largest absolute Gasteiger partial charge is 0.494 e. The molecule has 13 heteroatoms. The number of carbonyl (C=O) groups excluding carboxylic acids is 1. The minimum absolute atomic E-state index is 0.0286. The molecule has 1 aliphatic heterocycles. The van der Waals surface area contributed by atoms with Gasteiger partial charge in [0.2, 0.25) is 5.82 Å². The first-order valence-electron chi connectivity index (χ1n) is 14.3. The van der Waals surface area contributed by atoms with Crippen LogP contribution in [0, 0.1) is 11.6 Å². The number of H-pyrrole nitrogens is 1. The molecule has 5 heterocycles. The number of fused-ring (bicyclic) bond motifs is 1. The molecule has 0 saturated heterocycles. The first kappa shape index (κ1) is 27.6. The summed E-state index contributed by atoms with van der Waals surface area (Å²) in [6.45, 7) is 2.01. The smallest absolute Gasteiger partial charge is 0.295 e. The molecule has 224 valence electrons. The summed E-state index contributed by atoms with van der Waals surface area (Å²) in [5, 5.41) is 11.0. The molecule has 2 aliphatic rings. The van der Waals surface area contributed by atoms with E-state index in [0.717, 1.165) is 48.2 Å². The van der Waals surface area contributed by atoms with Gasteiger partial charge in [-0.25, -0.2) is 18.7 Å². The zero-order valence-corrected chi connectivity index (χ0v) is 24.1. The second-order valence-electron chi connectivity index (χ2n) is 11.2. The highest BCUT2D eigenvalue weighted by Crippen LogP contribution is 2.45. The van der Waals surface area contributed by atoms with Gasteiger partial charge in [-0.15, -0.1) is 0 Å². The van der Waals surface area contributed by atoms with Crippen molar-refractivity contribution in [2.75, 3.05) is 12.8 Å². The molecule has 4 aromatic heterocycles. The van der Waals surface area contributed by atoms with Crippen LogP contribution >= 0.6 is 0 Å². The number of aromatic amines is 1. The number of nitrogens with zero attached hydrogens (tertiary/aromatic N) is 7. The number of hydrogen-bond acceptors (Lipinski definition) is 8. The summed E-state index contributed by atoms with van der Waals surface area (Å²) >= 11 is 0. The summed E-state index contributed by atoms with van der Waals surface area (Å²) < 4.78 is 35.5. The first-order chi connectivity index (χ1) is 21.3. The summed E-state index contributed by atoms with van der Waals surface area (Å²) in [6, 6.07) is 5.42. The summed E-state index contributed by atoms with van der Waals surface area (Å²) in [4.78, 5) is 28.3. The van der Waals surface area contributed by atoms with Gasteiger partial charge in [0.15, 0.2) is 17.2 Å². The van der Waals surface area contributed by atoms with Crippen LogP contribution in [0.3, 0.4) is 0 Å². The summed E-state index contributed by atoms with van der Waals surface area (Å²) in [6.07, 6.45) is 10.6. The number of hydrogen-bond donors (Lipinski definition) is 2. The zero-order valence-electron chi connectivity index (χ0n) is 24.1. The molecule has 0 radical (unpaired) electrons. The van der Waals surface area contributed by atoms with Crippen molar-refractivity contribution in [1.82, 2.24) is 39.7 Å². The van der Waals surface area contributed by atoms with Gasteiger partial charge >= 0.3 is 0 Å². The van der Waals surface area contributed by atoms with E-state index in [9.17, 15) is 13.6 Å². The second kappa shape index (κ2) is 10.8. The number of amides is 1. The van der Waals surface area contributed by atoms with E-state index in [4.69, 9.17) is 15.5 Å². The van der Waals surface area contributed by atoms with Crippen LogP contribution in [0.25, 0.3) is 28.0 Å². The minimum Gasteiger partial charge on any atom is -0.494 e. The molecule has 7 rings (SSSR count). The van der Waals surface area contributed by atoms with Crippen LogP contribution in [0.15, 0.2) is 54.8 Å². The molecule has 1 fully saturated rings. The Morgan fingerprint density at radius 2 is 1.98 bits per heavy atom. The Morgan fingerprint density at radius 1 is 1.14 bits per heavy atom. The molecule has 1 saturated carbocycles. The number of nitrogens with one attached hydrogen (secondary N) is 1. The van der Waals surface area contributed by atoms with E-state index in [0.29, 0.717) is 41.4 Å². The van der Waals surface area contributed by atoms with E-state index in [1.807, 2.05) is 13.1 Å². The number of aryl methyl sites for hydroxylation is 1. The number of nitrogens with two attached hydrogens (primary N) is 1. The number of pyridine rings is 1. The number of rotatable bonds is 8. The highest BCUT2D eigenvalue weighted by Gasteiger charge is 2.34. The van der Waals surface area contributed by atoms with E-state index >= 15 is 0 Å². The number of benzene rings is 1. The van der Waals surface area contributed by atoms with Gasteiger partial charge in [0.05, 0.1) is 24.7 Å². The molecule has 11 nitrogen and oxygen atoms in total. The second-order valence-corrected chi connectivity index (χ2v) is 11.2. The zero-order chi connectivity index (χ0) is 30.5. The van der Waals surface area contributed by atoms with Crippen molar-refractivity contribution < 1.29 is 18.3 Å². The first-order valence-corrected chi connectivity index (χ1v) is 14.3. The van der Waals surface area contributed by atoms with E-state index in [1.54, 1.807) is 33.9 Å². The van der Waals surface area contributed by atoms with Crippen LogP contribution in [-0.2, 0) is 6.42 Å². The van der Waals surface area contributed by atoms with Crippen LogP contribution in [0.4, 0.5) is 14.6 Å². The fourth-order valence-electron chi connectivity index (χ4n) is 5.95. The van der Waals surface area contributed by atoms with Crippen LogP contribution in [-0.4, -0.2) is 58.7 Å². The van der Waals surface area contributed by atoms with Gasteiger partial charge in [0, 0.05) is 46.8 Å². The van der Waals surface area contributed by atoms with E-state index < -0.39 is 11.6 Å². The molecular weight excluding hydrogens is 568 g/mol. The monoisotopic (exact) mass is 597 g/mol. The Hall–Kier alpha value is -5.20. The van der Waals surface area contributed by atoms with Gasteiger partial charge in [-0.2, -0.15) is 14.7 Å². The van der Waals surface area contributed by atoms with Crippen molar-refractivity contribution in [3.8, 4) is 28.1 Å².